The molecule has 0 amide bonds. The standard InChI is InChI=1S/C12H19N7/c1-2-19-11(13-9-16-19)7-18-6-4-3-5-10(18)12-14-8-15-17-12/h8-10H,2-7H2,1H3,(H,14,15,17)/t10-/m1/s1. The number of hydrogen-bond acceptors (Lipinski definition) is 5. The van der Waals surface area contributed by atoms with Crippen molar-refractivity contribution in [2.45, 2.75) is 45.3 Å². The van der Waals surface area contributed by atoms with Gasteiger partial charge >= 0.3 is 0 Å². The van der Waals surface area contributed by atoms with Crippen LogP contribution in [0.4, 0.5) is 0 Å². The highest BCUT2D eigenvalue weighted by molar-refractivity contribution is 4.97. The summed E-state index contributed by atoms with van der Waals surface area (Å²) in [5.41, 5.74) is 0. The first-order chi connectivity index (χ1) is 9.38. The summed E-state index contributed by atoms with van der Waals surface area (Å²) in [5, 5.41) is 11.2. The van der Waals surface area contributed by atoms with Gasteiger partial charge in [0.1, 0.15) is 24.3 Å². The lowest BCUT2D eigenvalue weighted by Crippen LogP contribution is -2.34. The number of likely N-dealkylation sites (tertiary alicyclic amines) is 1. The summed E-state index contributed by atoms with van der Waals surface area (Å²) < 4.78 is 1.95. The number of nitrogens with zero attached hydrogens (tertiary/aromatic N) is 6. The number of hydrogen-bond donors (Lipinski definition) is 1. The van der Waals surface area contributed by atoms with Crippen LogP contribution in [-0.4, -0.2) is 41.4 Å². The summed E-state index contributed by atoms with van der Waals surface area (Å²) in [4.78, 5) is 11.1. The van der Waals surface area contributed by atoms with Gasteiger partial charge in [0.25, 0.3) is 0 Å². The Hall–Kier alpha value is -1.76. The van der Waals surface area contributed by atoms with Gasteiger partial charge in [-0.05, 0) is 26.3 Å². The fraction of sp³-hybridized carbons (Fsp3) is 0.667. The summed E-state index contributed by atoms with van der Waals surface area (Å²) in [5.74, 6) is 1.98. The zero-order valence-electron chi connectivity index (χ0n) is 11.2. The van der Waals surface area contributed by atoms with Gasteiger partial charge in [-0.3, -0.25) is 10.00 Å². The zero-order valence-corrected chi connectivity index (χ0v) is 11.2. The minimum atomic E-state index is 0.318. The third-order valence-corrected chi connectivity index (χ3v) is 3.70. The Morgan fingerprint density at radius 2 is 2.26 bits per heavy atom. The molecular formula is C12H19N7. The Morgan fingerprint density at radius 1 is 1.32 bits per heavy atom. The summed E-state index contributed by atoms with van der Waals surface area (Å²) >= 11 is 0. The van der Waals surface area contributed by atoms with Crippen molar-refractivity contribution in [2.75, 3.05) is 6.54 Å². The number of nitrogens with one attached hydrogen (secondary N) is 1. The van der Waals surface area contributed by atoms with Gasteiger partial charge < -0.3 is 0 Å². The van der Waals surface area contributed by atoms with E-state index in [1.165, 1.54) is 12.8 Å². The van der Waals surface area contributed by atoms with Gasteiger partial charge in [-0.1, -0.05) is 6.42 Å². The average Bonchev–Trinajstić information content (AvgIpc) is 3.10. The molecule has 0 aliphatic carbocycles. The first kappa shape index (κ1) is 12.3. The van der Waals surface area contributed by atoms with E-state index in [1.807, 2.05) is 4.68 Å². The summed E-state index contributed by atoms with van der Waals surface area (Å²) in [6.45, 7) is 4.83. The van der Waals surface area contributed by atoms with Crippen molar-refractivity contribution < 1.29 is 0 Å². The van der Waals surface area contributed by atoms with Crippen LogP contribution in [0.5, 0.6) is 0 Å². The molecule has 3 rings (SSSR count). The van der Waals surface area contributed by atoms with Crippen LogP contribution in [0.15, 0.2) is 12.7 Å². The highest BCUT2D eigenvalue weighted by Gasteiger charge is 2.27. The Kier molecular flexibility index (Phi) is 3.54. The molecule has 1 N–H and O–H groups in total. The maximum atomic E-state index is 4.36. The smallest absolute Gasteiger partial charge is 0.141 e. The molecule has 0 radical (unpaired) electrons. The lowest BCUT2D eigenvalue weighted by molar-refractivity contribution is 0.128. The fourth-order valence-electron chi connectivity index (χ4n) is 2.72. The van der Waals surface area contributed by atoms with Crippen LogP contribution < -0.4 is 0 Å². The Morgan fingerprint density at radius 3 is 3.05 bits per heavy atom. The molecule has 0 aromatic carbocycles. The highest BCUT2D eigenvalue weighted by Crippen LogP contribution is 2.29. The van der Waals surface area contributed by atoms with Gasteiger partial charge in [0.05, 0.1) is 12.6 Å². The lowest BCUT2D eigenvalue weighted by Gasteiger charge is -2.33. The predicted molar refractivity (Wildman–Crippen MR) is 69.1 cm³/mol. The summed E-state index contributed by atoms with van der Waals surface area (Å²) in [6.07, 6.45) is 6.80. The Bertz CT molecular complexity index is 504. The van der Waals surface area contributed by atoms with Gasteiger partial charge in [-0.2, -0.15) is 10.2 Å². The van der Waals surface area contributed by atoms with Gasteiger partial charge in [0, 0.05) is 6.54 Å². The first-order valence-electron chi connectivity index (χ1n) is 6.84. The van der Waals surface area contributed by atoms with Crippen LogP contribution in [0.1, 0.15) is 43.9 Å². The minimum Gasteiger partial charge on any atom is -0.286 e. The van der Waals surface area contributed by atoms with Crippen molar-refractivity contribution in [3.63, 3.8) is 0 Å². The van der Waals surface area contributed by atoms with Crippen molar-refractivity contribution in [3.8, 4) is 0 Å². The molecule has 1 aliphatic heterocycles. The molecule has 7 heteroatoms. The summed E-state index contributed by atoms with van der Waals surface area (Å²) in [7, 11) is 0. The fourth-order valence-corrected chi connectivity index (χ4v) is 2.72. The molecule has 1 fully saturated rings. The first-order valence-corrected chi connectivity index (χ1v) is 6.84. The molecule has 0 unspecified atom stereocenters. The van der Waals surface area contributed by atoms with Crippen LogP contribution in [-0.2, 0) is 13.1 Å². The normalized spacial score (nSPS) is 20.8. The molecule has 3 heterocycles. The van der Waals surface area contributed by atoms with E-state index < -0.39 is 0 Å². The Balaban J connectivity index is 1.77. The topological polar surface area (TPSA) is 75.5 Å². The van der Waals surface area contributed by atoms with E-state index in [9.17, 15) is 0 Å². The number of aromatic nitrogens is 6. The third kappa shape index (κ3) is 2.51. The molecule has 0 spiro atoms. The van der Waals surface area contributed by atoms with Gasteiger partial charge in [0.15, 0.2) is 0 Å². The second-order valence-electron chi connectivity index (χ2n) is 4.84. The van der Waals surface area contributed by atoms with Crippen LogP contribution in [0, 0.1) is 0 Å². The number of H-pyrrole nitrogens is 1. The molecule has 2 aromatic rings. The highest BCUT2D eigenvalue weighted by atomic mass is 15.4. The minimum absolute atomic E-state index is 0.318. The van der Waals surface area contributed by atoms with Crippen LogP contribution in [0.2, 0.25) is 0 Å². The van der Waals surface area contributed by atoms with E-state index >= 15 is 0 Å². The van der Waals surface area contributed by atoms with Crippen LogP contribution >= 0.6 is 0 Å². The van der Waals surface area contributed by atoms with Gasteiger partial charge in [-0.25, -0.2) is 14.6 Å². The predicted octanol–water partition coefficient (Wildman–Crippen LogP) is 1.14. The SMILES string of the molecule is CCn1ncnc1CN1CCCC[C@@H]1c1ncn[nH]1. The van der Waals surface area contributed by atoms with Crippen molar-refractivity contribution in [2.24, 2.45) is 0 Å². The van der Waals surface area contributed by atoms with E-state index in [1.54, 1.807) is 12.7 Å². The second kappa shape index (κ2) is 5.48. The van der Waals surface area contributed by atoms with E-state index in [-0.39, 0.29) is 0 Å². The van der Waals surface area contributed by atoms with Crippen LogP contribution in [0.25, 0.3) is 0 Å². The van der Waals surface area contributed by atoms with E-state index in [4.69, 9.17) is 0 Å². The molecule has 1 atom stereocenters. The average molecular weight is 261 g/mol. The van der Waals surface area contributed by atoms with Gasteiger partial charge in [-0.15, -0.1) is 0 Å². The molecule has 0 bridgehead atoms. The van der Waals surface area contributed by atoms with Crippen molar-refractivity contribution >= 4 is 0 Å². The molecule has 102 valence electrons. The maximum absolute atomic E-state index is 4.36. The molecule has 7 nitrogen and oxygen atoms in total. The second-order valence-corrected chi connectivity index (χ2v) is 4.84. The van der Waals surface area contributed by atoms with Crippen molar-refractivity contribution in [1.82, 2.24) is 34.8 Å². The number of rotatable bonds is 4. The molecular weight excluding hydrogens is 242 g/mol. The van der Waals surface area contributed by atoms with Crippen molar-refractivity contribution in [3.05, 3.63) is 24.3 Å². The molecule has 19 heavy (non-hydrogen) atoms. The summed E-state index contributed by atoms with van der Waals surface area (Å²) in [6, 6.07) is 0.318. The largest absolute Gasteiger partial charge is 0.286 e. The number of aromatic amines is 1. The Labute approximate surface area is 112 Å². The third-order valence-electron chi connectivity index (χ3n) is 3.70. The van der Waals surface area contributed by atoms with E-state index in [0.29, 0.717) is 6.04 Å². The molecule has 0 saturated carbocycles. The number of piperidine rings is 1. The monoisotopic (exact) mass is 261 g/mol. The quantitative estimate of drug-likeness (QED) is 0.893. The van der Waals surface area contributed by atoms with Crippen LogP contribution in [0.3, 0.4) is 0 Å². The zero-order chi connectivity index (χ0) is 13.1. The van der Waals surface area contributed by atoms with E-state index in [0.717, 1.165) is 37.7 Å². The number of aryl methyl sites for hydroxylation is 1. The molecule has 1 aliphatic rings. The molecule has 1 saturated heterocycles. The van der Waals surface area contributed by atoms with E-state index in [2.05, 4.69) is 37.1 Å². The lowest BCUT2D eigenvalue weighted by atomic mass is 10.0. The van der Waals surface area contributed by atoms with Crippen molar-refractivity contribution in [1.29, 1.82) is 0 Å². The maximum Gasteiger partial charge on any atom is 0.141 e. The molecule has 2 aromatic heterocycles. The van der Waals surface area contributed by atoms with Gasteiger partial charge in [0.2, 0.25) is 0 Å².